The number of methoxy groups -OCH3 is 1. The molecular weight excluding hydrogens is 458 g/mol. The number of carbonyl (C=O) groups is 2. The van der Waals surface area contributed by atoms with Gasteiger partial charge in [0, 0.05) is 0 Å². The highest BCUT2D eigenvalue weighted by molar-refractivity contribution is 7.92. The molecule has 0 aliphatic rings. The second-order valence-electron chi connectivity index (χ2n) is 8.20. The summed E-state index contributed by atoms with van der Waals surface area (Å²) >= 11 is 0. The van der Waals surface area contributed by atoms with Crippen molar-refractivity contribution >= 4 is 27.7 Å². The third kappa shape index (κ3) is 6.66. The van der Waals surface area contributed by atoms with E-state index in [-0.39, 0.29) is 17.2 Å². The first-order valence-corrected chi connectivity index (χ1v) is 12.3. The third-order valence-corrected chi connectivity index (χ3v) is 7.53. The van der Waals surface area contributed by atoms with E-state index in [0.29, 0.717) is 11.3 Å². The van der Waals surface area contributed by atoms with Gasteiger partial charge in [-0.25, -0.2) is 19.7 Å². The van der Waals surface area contributed by atoms with Gasteiger partial charge in [0.05, 0.1) is 29.1 Å². The number of ether oxygens (including phenoxy) is 1. The molecule has 0 aliphatic heterocycles. The van der Waals surface area contributed by atoms with Gasteiger partial charge in [-0.15, -0.1) is 0 Å². The Balaban J connectivity index is 2.71. The van der Waals surface area contributed by atoms with Crippen molar-refractivity contribution in [1.29, 1.82) is 0 Å². The molecule has 9 nitrogen and oxygen atoms in total. The van der Waals surface area contributed by atoms with Crippen molar-refractivity contribution in [2.24, 2.45) is 23.6 Å². The largest absolute Gasteiger partial charge is 0.497 e. The molecule has 0 fully saturated rings. The maximum absolute atomic E-state index is 13.8. The molecule has 0 spiro atoms. The van der Waals surface area contributed by atoms with Crippen LogP contribution in [0.2, 0.25) is 0 Å². The summed E-state index contributed by atoms with van der Waals surface area (Å²) in [7, 11) is -2.75. The lowest BCUT2D eigenvalue weighted by Gasteiger charge is -2.30. The van der Waals surface area contributed by atoms with Crippen LogP contribution in [-0.4, -0.2) is 37.8 Å². The zero-order valence-corrected chi connectivity index (χ0v) is 20.2. The quantitative estimate of drug-likeness (QED) is 0.164. The number of sulfone groups is 1. The number of benzene rings is 2. The van der Waals surface area contributed by atoms with Crippen LogP contribution in [0, 0.1) is 17.8 Å². The number of nitrogens with one attached hydrogen (secondary N) is 2. The number of hydrogen-bond acceptors (Lipinski definition) is 7. The molecule has 1 unspecified atom stereocenters. The van der Waals surface area contributed by atoms with E-state index in [1.807, 2.05) is 25.3 Å². The molecule has 2 rings (SSSR count). The zero-order valence-electron chi connectivity index (χ0n) is 19.3. The monoisotopic (exact) mass is 489 g/mol. The topological polar surface area (TPSA) is 148 Å². The number of hydrazine groups is 1. The lowest BCUT2D eigenvalue weighted by Crippen LogP contribution is -2.50. The Labute approximate surface area is 199 Å². The summed E-state index contributed by atoms with van der Waals surface area (Å²) in [6, 6.07) is 14.6. The molecule has 34 heavy (non-hydrogen) atoms. The summed E-state index contributed by atoms with van der Waals surface area (Å²) in [6.07, 6.45) is 3.09. The van der Waals surface area contributed by atoms with Gasteiger partial charge in [0.2, 0.25) is 11.8 Å². The molecule has 10 heteroatoms. The first-order chi connectivity index (χ1) is 16.1. The van der Waals surface area contributed by atoms with Crippen molar-refractivity contribution in [3.05, 3.63) is 66.2 Å². The van der Waals surface area contributed by atoms with Crippen LogP contribution in [0.4, 0.5) is 0 Å². The van der Waals surface area contributed by atoms with Crippen LogP contribution in [0.1, 0.15) is 25.8 Å². The minimum atomic E-state index is -4.21. The Bertz CT molecular complexity index is 1090. The summed E-state index contributed by atoms with van der Waals surface area (Å²) in [5, 5.41) is 7.99. The summed E-state index contributed by atoms with van der Waals surface area (Å²) in [5.41, 5.74) is 4.27. The van der Waals surface area contributed by atoms with Crippen molar-refractivity contribution in [3.8, 4) is 5.75 Å². The van der Waals surface area contributed by atoms with E-state index in [2.05, 4.69) is 0 Å². The van der Waals surface area contributed by atoms with E-state index in [9.17, 15) is 23.2 Å². The van der Waals surface area contributed by atoms with E-state index in [4.69, 9.17) is 10.6 Å². The van der Waals surface area contributed by atoms with Gasteiger partial charge in [0.25, 0.3) is 0 Å². The molecule has 3 atom stereocenters. The lowest BCUT2D eigenvalue weighted by atomic mass is 9.81. The summed E-state index contributed by atoms with van der Waals surface area (Å²) in [5.74, 6) is 1.45. The van der Waals surface area contributed by atoms with Gasteiger partial charge in [0.1, 0.15) is 5.75 Å². The Morgan fingerprint density at radius 2 is 1.68 bits per heavy atom. The molecule has 5 N–H and O–H groups in total. The fourth-order valence-electron chi connectivity index (χ4n) is 3.78. The third-order valence-electron chi connectivity index (χ3n) is 5.43. The fraction of sp³-hybridized carbons (Fsp3) is 0.333. The Morgan fingerprint density at radius 3 is 2.18 bits per heavy atom. The highest BCUT2D eigenvalue weighted by Gasteiger charge is 2.44. The van der Waals surface area contributed by atoms with Gasteiger partial charge >= 0.3 is 0 Å². The molecule has 2 aromatic rings. The molecule has 2 amide bonds. The van der Waals surface area contributed by atoms with Crippen molar-refractivity contribution in [2.45, 2.75) is 30.4 Å². The van der Waals surface area contributed by atoms with Crippen LogP contribution in [0.15, 0.2) is 65.6 Å². The van der Waals surface area contributed by atoms with E-state index in [1.165, 1.54) is 37.5 Å². The number of nitrogens with two attached hydrogens (primary N) is 1. The molecule has 0 bridgehead atoms. The van der Waals surface area contributed by atoms with E-state index in [0.717, 1.165) is 0 Å². The first-order valence-electron chi connectivity index (χ1n) is 10.7. The van der Waals surface area contributed by atoms with Gasteiger partial charge in [-0.1, -0.05) is 56.3 Å². The predicted molar refractivity (Wildman–Crippen MR) is 128 cm³/mol. The maximum Gasteiger partial charge on any atom is 0.248 e. The average Bonchev–Trinajstić information content (AvgIpc) is 2.84. The summed E-state index contributed by atoms with van der Waals surface area (Å²) in [6.45, 7) is 3.66. The zero-order chi connectivity index (χ0) is 25.3. The molecule has 0 heterocycles. The summed E-state index contributed by atoms with van der Waals surface area (Å²) < 4.78 is 32.7. The van der Waals surface area contributed by atoms with Crippen molar-refractivity contribution in [1.82, 2.24) is 10.9 Å². The minimum Gasteiger partial charge on any atom is -0.497 e. The molecule has 0 saturated carbocycles. The number of hydrogen-bond donors (Lipinski definition) is 4. The predicted octanol–water partition coefficient (Wildman–Crippen LogP) is 2.32. The standard InChI is InChI=1S/C24H31N3O6S/c1-16(2)15-20(23(28)26-25)22(24(29)27-30)21(14-9-17-7-5-4-6-8-17)34(31,32)19-12-10-18(33-3)11-13-19/h4-14,16,20-22,30H,15,25H2,1-3H3,(H,26,28)(H,27,29)/b14-9+/t20-,21?,22-/m1/s1. The van der Waals surface area contributed by atoms with Crippen LogP contribution in [0.5, 0.6) is 5.75 Å². The van der Waals surface area contributed by atoms with Crippen molar-refractivity contribution in [2.75, 3.05) is 7.11 Å². The molecule has 0 saturated heterocycles. The van der Waals surface area contributed by atoms with Crippen LogP contribution in [0.25, 0.3) is 6.08 Å². The van der Waals surface area contributed by atoms with Gasteiger partial charge in [0.15, 0.2) is 9.84 Å². The molecule has 0 aliphatic carbocycles. The summed E-state index contributed by atoms with van der Waals surface area (Å²) in [4.78, 5) is 25.5. The van der Waals surface area contributed by atoms with Crippen molar-refractivity contribution in [3.63, 3.8) is 0 Å². The Kier molecular flexibility index (Phi) is 9.79. The average molecular weight is 490 g/mol. The van der Waals surface area contributed by atoms with Crippen molar-refractivity contribution < 1.29 is 28.0 Å². The van der Waals surface area contributed by atoms with E-state index in [1.54, 1.807) is 35.8 Å². The number of amides is 2. The molecule has 0 radical (unpaired) electrons. The Hall–Kier alpha value is -3.21. The second kappa shape index (κ2) is 12.3. The van der Waals surface area contributed by atoms with E-state index >= 15 is 0 Å². The van der Waals surface area contributed by atoms with Crippen LogP contribution < -0.4 is 21.5 Å². The smallest absolute Gasteiger partial charge is 0.248 e. The number of carbonyl (C=O) groups excluding carboxylic acids is 2. The molecular formula is C24H31N3O6S. The Morgan fingerprint density at radius 1 is 1.06 bits per heavy atom. The SMILES string of the molecule is COc1ccc(S(=O)(=O)C(/C=C/c2ccccc2)[C@H](C(=O)NO)[C@@H](CC(C)C)C(=O)NN)cc1. The van der Waals surface area contributed by atoms with Gasteiger partial charge < -0.3 is 4.74 Å². The maximum atomic E-state index is 13.8. The minimum absolute atomic E-state index is 0.0665. The highest BCUT2D eigenvalue weighted by atomic mass is 32.2. The van der Waals surface area contributed by atoms with Gasteiger partial charge in [-0.2, -0.15) is 0 Å². The highest BCUT2D eigenvalue weighted by Crippen LogP contribution is 2.33. The normalized spacial score (nSPS) is 14.4. The molecule has 0 aromatic heterocycles. The molecule has 184 valence electrons. The lowest BCUT2D eigenvalue weighted by molar-refractivity contribution is -0.140. The van der Waals surface area contributed by atoms with Crippen LogP contribution in [-0.2, 0) is 19.4 Å². The second-order valence-corrected chi connectivity index (χ2v) is 10.3. The van der Waals surface area contributed by atoms with E-state index < -0.39 is 38.7 Å². The fourth-order valence-corrected chi connectivity index (χ4v) is 5.59. The van der Waals surface area contributed by atoms with Crippen LogP contribution >= 0.6 is 0 Å². The first kappa shape index (κ1) is 27.0. The molecule has 2 aromatic carbocycles. The number of hydroxylamine groups is 1. The number of rotatable bonds is 11. The van der Waals surface area contributed by atoms with Gasteiger partial charge in [-0.05, 0) is 42.2 Å². The van der Waals surface area contributed by atoms with Crippen LogP contribution in [0.3, 0.4) is 0 Å². The van der Waals surface area contributed by atoms with Gasteiger partial charge in [-0.3, -0.25) is 20.2 Å².